The summed E-state index contributed by atoms with van der Waals surface area (Å²) in [6.07, 6.45) is 1.37. The number of pyridine rings is 1. The molecule has 0 saturated carbocycles. The van der Waals surface area contributed by atoms with Crippen LogP contribution in [0.15, 0.2) is 47.6 Å². The van der Waals surface area contributed by atoms with E-state index in [2.05, 4.69) is 15.1 Å². The number of nitrogens with zero attached hydrogens (tertiary/aromatic N) is 1. The molecular formula is C11H11ClN4O2S. The summed E-state index contributed by atoms with van der Waals surface area (Å²) < 4.78 is 26.7. The first kappa shape index (κ1) is 13.6. The first-order chi connectivity index (χ1) is 9.03. The van der Waals surface area contributed by atoms with Crippen molar-refractivity contribution in [1.82, 2.24) is 4.98 Å². The lowest BCUT2D eigenvalue weighted by molar-refractivity contribution is 0.598. The van der Waals surface area contributed by atoms with Gasteiger partial charge in [-0.2, -0.15) is 8.42 Å². The van der Waals surface area contributed by atoms with Crippen molar-refractivity contribution in [2.24, 2.45) is 5.84 Å². The van der Waals surface area contributed by atoms with E-state index in [0.29, 0.717) is 10.7 Å². The lowest BCUT2D eigenvalue weighted by Gasteiger charge is -2.10. The van der Waals surface area contributed by atoms with Gasteiger partial charge in [0.2, 0.25) is 5.03 Å². The highest BCUT2D eigenvalue weighted by molar-refractivity contribution is 7.92. The fourth-order valence-corrected chi connectivity index (χ4v) is 2.72. The van der Waals surface area contributed by atoms with Gasteiger partial charge in [0, 0.05) is 16.9 Å². The topological polar surface area (TPSA) is 97.1 Å². The number of halogens is 1. The van der Waals surface area contributed by atoms with Crippen molar-refractivity contribution >= 4 is 33.0 Å². The quantitative estimate of drug-likeness (QED) is 0.591. The summed E-state index contributed by atoms with van der Waals surface area (Å²) >= 11 is 5.73. The van der Waals surface area contributed by atoms with E-state index >= 15 is 0 Å². The first-order valence-electron chi connectivity index (χ1n) is 5.23. The van der Waals surface area contributed by atoms with Crippen molar-refractivity contribution in [3.63, 3.8) is 0 Å². The Hall–Kier alpha value is -1.83. The third-order valence-corrected chi connectivity index (χ3v) is 3.87. The Kier molecular flexibility index (Phi) is 3.89. The lowest BCUT2D eigenvalue weighted by Crippen LogP contribution is -2.18. The van der Waals surface area contributed by atoms with Crippen LogP contribution >= 0.6 is 11.6 Å². The molecule has 1 heterocycles. The van der Waals surface area contributed by atoms with Crippen LogP contribution in [0.5, 0.6) is 0 Å². The van der Waals surface area contributed by atoms with Crippen LogP contribution in [0.3, 0.4) is 0 Å². The van der Waals surface area contributed by atoms with E-state index in [1.54, 1.807) is 30.3 Å². The van der Waals surface area contributed by atoms with Crippen LogP contribution in [0.1, 0.15) is 0 Å². The van der Waals surface area contributed by atoms with Crippen molar-refractivity contribution in [3.05, 3.63) is 47.6 Å². The lowest BCUT2D eigenvalue weighted by atomic mass is 10.3. The summed E-state index contributed by atoms with van der Waals surface area (Å²) in [5, 5.41) is 0.345. The van der Waals surface area contributed by atoms with Crippen LogP contribution in [-0.4, -0.2) is 13.4 Å². The predicted octanol–water partition coefficient (Wildman–Crippen LogP) is 1.82. The van der Waals surface area contributed by atoms with Gasteiger partial charge in [0.1, 0.15) is 0 Å². The Morgan fingerprint density at radius 1 is 1.16 bits per heavy atom. The summed E-state index contributed by atoms with van der Waals surface area (Å²) in [7, 11) is -3.82. The van der Waals surface area contributed by atoms with Crippen LogP contribution in [0.25, 0.3) is 0 Å². The molecule has 0 radical (unpaired) electrons. The number of nitrogens with two attached hydrogens (primary N) is 1. The van der Waals surface area contributed by atoms with Gasteiger partial charge in [-0.3, -0.25) is 10.6 Å². The fraction of sp³-hybridized carbons (Fsp3) is 0. The Morgan fingerprint density at radius 2 is 1.84 bits per heavy atom. The zero-order valence-corrected chi connectivity index (χ0v) is 11.2. The highest BCUT2D eigenvalue weighted by Gasteiger charge is 2.19. The van der Waals surface area contributed by atoms with Crippen LogP contribution in [0.4, 0.5) is 11.4 Å². The van der Waals surface area contributed by atoms with Gasteiger partial charge in [-0.05, 0) is 36.4 Å². The third-order valence-electron chi connectivity index (χ3n) is 2.28. The monoisotopic (exact) mass is 298 g/mol. The molecule has 0 bridgehead atoms. The molecule has 1 aromatic carbocycles. The highest BCUT2D eigenvalue weighted by atomic mass is 35.5. The van der Waals surface area contributed by atoms with E-state index in [1.165, 1.54) is 12.3 Å². The van der Waals surface area contributed by atoms with Crippen molar-refractivity contribution in [2.45, 2.75) is 5.03 Å². The van der Waals surface area contributed by atoms with Crippen LogP contribution in [0, 0.1) is 0 Å². The average molecular weight is 299 g/mol. The van der Waals surface area contributed by atoms with E-state index in [-0.39, 0.29) is 10.7 Å². The predicted molar refractivity (Wildman–Crippen MR) is 74.3 cm³/mol. The maximum atomic E-state index is 12.2. The van der Waals surface area contributed by atoms with E-state index < -0.39 is 10.0 Å². The van der Waals surface area contributed by atoms with Crippen molar-refractivity contribution in [1.29, 1.82) is 0 Å². The molecule has 0 aliphatic carbocycles. The maximum absolute atomic E-state index is 12.2. The van der Waals surface area contributed by atoms with Gasteiger partial charge < -0.3 is 5.43 Å². The minimum absolute atomic E-state index is 0.174. The first-order valence-corrected chi connectivity index (χ1v) is 7.09. The van der Waals surface area contributed by atoms with Gasteiger partial charge >= 0.3 is 0 Å². The zero-order valence-electron chi connectivity index (χ0n) is 9.67. The molecule has 0 aliphatic rings. The number of hydrogen-bond donors (Lipinski definition) is 3. The third kappa shape index (κ3) is 3.14. The molecule has 8 heteroatoms. The molecule has 0 spiro atoms. The smallest absolute Gasteiger partial charge is 0.281 e. The molecule has 0 unspecified atom stereocenters. The van der Waals surface area contributed by atoms with E-state index in [0.717, 1.165) is 0 Å². The Balaban J connectivity index is 2.35. The zero-order chi connectivity index (χ0) is 13.9. The van der Waals surface area contributed by atoms with Gasteiger partial charge in [-0.1, -0.05) is 11.6 Å². The molecule has 6 nitrogen and oxygen atoms in total. The molecular weight excluding hydrogens is 288 g/mol. The number of benzene rings is 1. The molecule has 4 N–H and O–H groups in total. The average Bonchev–Trinajstić information content (AvgIpc) is 2.41. The molecule has 2 aromatic rings. The van der Waals surface area contributed by atoms with Gasteiger partial charge in [0.25, 0.3) is 10.0 Å². The largest absolute Gasteiger partial charge is 0.321 e. The number of anilines is 2. The number of nitrogen functional groups attached to an aromatic ring is 1. The summed E-state index contributed by atoms with van der Waals surface area (Å²) in [4.78, 5) is 3.82. The van der Waals surface area contributed by atoms with Gasteiger partial charge in [-0.25, -0.2) is 4.98 Å². The molecule has 0 atom stereocenters. The van der Waals surface area contributed by atoms with Crippen LogP contribution in [0.2, 0.25) is 5.02 Å². The molecule has 1 aromatic heterocycles. The number of hydrazine groups is 1. The Bertz CT molecular complexity index is 673. The highest BCUT2D eigenvalue weighted by Crippen LogP contribution is 2.21. The summed E-state index contributed by atoms with van der Waals surface area (Å²) in [6, 6.07) is 9.37. The number of hydrogen-bond acceptors (Lipinski definition) is 5. The molecule has 2 rings (SSSR count). The van der Waals surface area contributed by atoms with Gasteiger partial charge in [0.05, 0.1) is 5.69 Å². The van der Waals surface area contributed by atoms with Crippen molar-refractivity contribution in [3.8, 4) is 0 Å². The van der Waals surface area contributed by atoms with Crippen molar-refractivity contribution in [2.75, 3.05) is 10.1 Å². The minimum Gasteiger partial charge on any atom is -0.321 e. The number of rotatable bonds is 4. The van der Waals surface area contributed by atoms with Gasteiger partial charge in [0.15, 0.2) is 0 Å². The summed E-state index contributed by atoms with van der Waals surface area (Å²) in [5.41, 5.74) is 2.89. The molecule has 19 heavy (non-hydrogen) atoms. The Labute approximate surface area is 115 Å². The molecule has 0 amide bonds. The molecule has 0 fully saturated rings. The SMILES string of the molecule is NNc1cccnc1S(=O)(=O)Nc1ccc(Cl)cc1. The van der Waals surface area contributed by atoms with Crippen molar-refractivity contribution < 1.29 is 8.42 Å². The van der Waals surface area contributed by atoms with E-state index in [9.17, 15) is 8.42 Å². The molecule has 100 valence electrons. The van der Waals surface area contributed by atoms with Crippen LogP contribution < -0.4 is 16.0 Å². The molecule has 0 aliphatic heterocycles. The number of aromatic nitrogens is 1. The van der Waals surface area contributed by atoms with E-state index in [4.69, 9.17) is 17.4 Å². The normalized spacial score (nSPS) is 11.1. The standard InChI is InChI=1S/C11H11ClN4O2S/c12-8-3-5-9(6-4-8)16-19(17,18)11-10(15-13)2-1-7-14-11/h1-7,15-16H,13H2. The number of nitrogens with one attached hydrogen (secondary N) is 2. The Morgan fingerprint density at radius 3 is 2.47 bits per heavy atom. The van der Waals surface area contributed by atoms with E-state index in [1.807, 2.05) is 0 Å². The maximum Gasteiger partial charge on any atom is 0.281 e. The summed E-state index contributed by atoms with van der Waals surface area (Å²) in [6.45, 7) is 0. The van der Waals surface area contributed by atoms with Gasteiger partial charge in [-0.15, -0.1) is 0 Å². The molecule has 0 saturated heterocycles. The second-order valence-electron chi connectivity index (χ2n) is 3.61. The number of sulfonamides is 1. The summed E-state index contributed by atoms with van der Waals surface area (Å²) in [5.74, 6) is 5.26. The van der Waals surface area contributed by atoms with Crippen LogP contribution in [-0.2, 0) is 10.0 Å². The minimum atomic E-state index is -3.82. The second-order valence-corrected chi connectivity index (χ2v) is 5.65. The second kappa shape index (κ2) is 5.43. The fourth-order valence-electron chi connectivity index (χ4n) is 1.44.